The molecule has 0 amide bonds. The van der Waals surface area contributed by atoms with Crippen molar-refractivity contribution in [3.8, 4) is 0 Å². The van der Waals surface area contributed by atoms with Crippen molar-refractivity contribution in [2.45, 2.75) is 31.6 Å². The minimum absolute atomic E-state index is 0.206. The van der Waals surface area contributed by atoms with Crippen molar-refractivity contribution in [1.29, 1.82) is 0 Å². The molecule has 0 unspecified atom stereocenters. The van der Waals surface area contributed by atoms with Gasteiger partial charge < -0.3 is 5.32 Å². The molecule has 0 saturated heterocycles. The first kappa shape index (κ1) is 13.9. The average molecular weight is 257 g/mol. The van der Waals surface area contributed by atoms with Crippen molar-refractivity contribution in [2.24, 2.45) is 0 Å². The highest BCUT2D eigenvalue weighted by Gasteiger charge is 2.17. The lowest BCUT2D eigenvalue weighted by molar-refractivity contribution is 0.578. The van der Waals surface area contributed by atoms with Gasteiger partial charge in [-0.15, -0.1) is 0 Å². The van der Waals surface area contributed by atoms with Crippen LogP contribution in [0.3, 0.4) is 0 Å². The predicted molar refractivity (Wildman–Crippen MR) is 68.5 cm³/mol. The molecule has 1 aromatic rings. The zero-order chi connectivity index (χ0) is 12.7. The van der Waals surface area contributed by atoms with Crippen LogP contribution in [-0.4, -0.2) is 26.5 Å². The fourth-order valence-electron chi connectivity index (χ4n) is 1.37. The maximum Gasteiger partial charge on any atom is 0.244 e. The Morgan fingerprint density at radius 2 is 2.12 bits per heavy atom. The van der Waals surface area contributed by atoms with Crippen LogP contribution in [0, 0.1) is 0 Å². The fraction of sp³-hybridized carbons (Fsp3) is 0.545. The lowest BCUT2D eigenvalue weighted by atomic mass is 10.3. The smallest absolute Gasteiger partial charge is 0.244 e. The summed E-state index contributed by atoms with van der Waals surface area (Å²) in [6.45, 7) is 5.01. The molecule has 0 atom stereocenters. The Morgan fingerprint density at radius 3 is 2.76 bits per heavy atom. The molecule has 2 N–H and O–H groups in total. The molecule has 0 saturated carbocycles. The number of hydrogen-bond acceptors (Lipinski definition) is 4. The van der Waals surface area contributed by atoms with Crippen molar-refractivity contribution in [3.63, 3.8) is 0 Å². The van der Waals surface area contributed by atoms with Crippen molar-refractivity contribution in [3.05, 3.63) is 18.3 Å². The lowest BCUT2D eigenvalue weighted by Crippen LogP contribution is -2.26. The number of hydrogen-bond donors (Lipinski definition) is 2. The second-order valence-electron chi connectivity index (χ2n) is 3.63. The van der Waals surface area contributed by atoms with E-state index < -0.39 is 10.0 Å². The maximum absolute atomic E-state index is 12.0. The van der Waals surface area contributed by atoms with Gasteiger partial charge in [0.25, 0.3) is 0 Å². The van der Waals surface area contributed by atoms with Crippen molar-refractivity contribution in [2.75, 3.05) is 18.4 Å². The van der Waals surface area contributed by atoms with Crippen LogP contribution < -0.4 is 10.0 Å². The Balaban J connectivity index is 2.89. The zero-order valence-electron chi connectivity index (χ0n) is 10.2. The number of nitrogens with zero attached hydrogens (tertiary/aromatic N) is 1. The van der Waals surface area contributed by atoms with Gasteiger partial charge in [0.05, 0.1) is 0 Å². The van der Waals surface area contributed by atoms with Crippen LogP contribution in [0.5, 0.6) is 0 Å². The molecule has 0 fully saturated rings. The minimum atomic E-state index is -3.46. The van der Waals surface area contributed by atoms with E-state index in [0.717, 1.165) is 12.8 Å². The average Bonchev–Trinajstić information content (AvgIpc) is 2.30. The molecule has 0 radical (unpaired) electrons. The van der Waals surface area contributed by atoms with Crippen molar-refractivity contribution in [1.82, 2.24) is 9.71 Å². The number of aromatic nitrogens is 1. The van der Waals surface area contributed by atoms with Gasteiger partial charge in [-0.1, -0.05) is 13.3 Å². The van der Waals surface area contributed by atoms with Gasteiger partial charge in [-0.3, -0.25) is 0 Å². The van der Waals surface area contributed by atoms with Crippen LogP contribution in [0.4, 0.5) is 5.82 Å². The molecule has 96 valence electrons. The molecule has 0 aliphatic rings. The summed E-state index contributed by atoms with van der Waals surface area (Å²) < 4.78 is 26.6. The molecule has 5 nitrogen and oxygen atoms in total. The number of pyridine rings is 1. The van der Waals surface area contributed by atoms with Crippen LogP contribution in [-0.2, 0) is 10.0 Å². The topological polar surface area (TPSA) is 71.1 Å². The van der Waals surface area contributed by atoms with Gasteiger partial charge in [0.1, 0.15) is 10.7 Å². The highest BCUT2D eigenvalue weighted by molar-refractivity contribution is 7.89. The molecule has 0 spiro atoms. The first-order valence-electron chi connectivity index (χ1n) is 5.80. The third kappa shape index (κ3) is 3.98. The van der Waals surface area contributed by atoms with E-state index in [9.17, 15) is 8.42 Å². The van der Waals surface area contributed by atoms with E-state index in [0.29, 0.717) is 18.9 Å². The molecule has 0 aliphatic carbocycles. The molecule has 0 aliphatic heterocycles. The normalized spacial score (nSPS) is 11.4. The van der Waals surface area contributed by atoms with Crippen LogP contribution in [0.15, 0.2) is 23.2 Å². The van der Waals surface area contributed by atoms with Gasteiger partial charge in [0, 0.05) is 19.3 Å². The number of unbranched alkanes of at least 4 members (excludes halogenated alkanes) is 1. The van der Waals surface area contributed by atoms with E-state index in [2.05, 4.69) is 15.0 Å². The summed E-state index contributed by atoms with van der Waals surface area (Å²) in [5, 5.41) is 2.94. The molecular formula is C11H19N3O2S. The van der Waals surface area contributed by atoms with Gasteiger partial charge >= 0.3 is 0 Å². The Bertz CT molecular complexity index is 446. The lowest BCUT2D eigenvalue weighted by Gasteiger charge is -2.10. The Kier molecular flexibility index (Phi) is 5.37. The van der Waals surface area contributed by atoms with Crippen LogP contribution >= 0.6 is 0 Å². The van der Waals surface area contributed by atoms with E-state index in [1.54, 1.807) is 18.3 Å². The summed E-state index contributed by atoms with van der Waals surface area (Å²) in [4.78, 5) is 4.24. The van der Waals surface area contributed by atoms with E-state index in [1.165, 1.54) is 0 Å². The van der Waals surface area contributed by atoms with Gasteiger partial charge in [0.2, 0.25) is 10.0 Å². The van der Waals surface area contributed by atoms with Gasteiger partial charge in [-0.25, -0.2) is 18.1 Å². The molecular weight excluding hydrogens is 238 g/mol. The second-order valence-corrected chi connectivity index (χ2v) is 5.37. The van der Waals surface area contributed by atoms with Gasteiger partial charge in [-0.2, -0.15) is 0 Å². The fourth-order valence-corrected chi connectivity index (χ4v) is 2.57. The third-order valence-corrected chi connectivity index (χ3v) is 3.72. The molecule has 0 aromatic carbocycles. The number of sulfonamides is 1. The van der Waals surface area contributed by atoms with Crippen LogP contribution in [0.1, 0.15) is 26.7 Å². The van der Waals surface area contributed by atoms with Crippen LogP contribution in [0.25, 0.3) is 0 Å². The van der Waals surface area contributed by atoms with E-state index >= 15 is 0 Å². The molecule has 0 bridgehead atoms. The summed E-state index contributed by atoms with van der Waals surface area (Å²) in [6, 6.07) is 3.18. The maximum atomic E-state index is 12.0. The molecule has 1 aromatic heterocycles. The van der Waals surface area contributed by atoms with E-state index in [4.69, 9.17) is 0 Å². The number of nitrogens with one attached hydrogen (secondary N) is 2. The molecule has 6 heteroatoms. The SMILES string of the molecule is CCCCNS(=O)(=O)c1cccnc1NCC. The summed E-state index contributed by atoms with van der Waals surface area (Å²) in [5.41, 5.74) is 0. The molecule has 1 rings (SSSR count). The predicted octanol–water partition coefficient (Wildman–Crippen LogP) is 1.59. The second kappa shape index (κ2) is 6.56. The quantitative estimate of drug-likeness (QED) is 0.728. The number of rotatable bonds is 7. The zero-order valence-corrected chi connectivity index (χ0v) is 11.0. The van der Waals surface area contributed by atoms with Crippen molar-refractivity contribution >= 4 is 15.8 Å². The largest absolute Gasteiger partial charge is 0.369 e. The first-order valence-corrected chi connectivity index (χ1v) is 7.28. The van der Waals surface area contributed by atoms with Gasteiger partial charge in [-0.05, 0) is 25.5 Å². The molecule has 1 heterocycles. The minimum Gasteiger partial charge on any atom is -0.369 e. The Hall–Kier alpha value is -1.14. The Labute approximate surface area is 103 Å². The summed E-state index contributed by atoms with van der Waals surface area (Å²) in [5.74, 6) is 0.402. The van der Waals surface area contributed by atoms with E-state index in [-0.39, 0.29) is 4.90 Å². The monoisotopic (exact) mass is 257 g/mol. The number of anilines is 1. The highest BCUT2D eigenvalue weighted by atomic mass is 32.2. The summed E-state index contributed by atoms with van der Waals surface area (Å²) >= 11 is 0. The standard InChI is InChI=1S/C11H19N3O2S/c1-3-5-9-14-17(15,16)10-7-6-8-13-11(10)12-4-2/h6-8,14H,3-5,9H2,1-2H3,(H,12,13). The van der Waals surface area contributed by atoms with Gasteiger partial charge in [0.15, 0.2) is 0 Å². The summed E-state index contributed by atoms with van der Waals surface area (Å²) in [7, 11) is -3.46. The van der Waals surface area contributed by atoms with Crippen molar-refractivity contribution < 1.29 is 8.42 Å². The van der Waals surface area contributed by atoms with E-state index in [1.807, 2.05) is 13.8 Å². The highest BCUT2D eigenvalue weighted by Crippen LogP contribution is 2.17. The Morgan fingerprint density at radius 1 is 1.35 bits per heavy atom. The summed E-state index contributed by atoms with van der Waals surface area (Å²) in [6.07, 6.45) is 3.36. The first-order chi connectivity index (χ1) is 8.11. The molecule has 17 heavy (non-hydrogen) atoms. The third-order valence-electron chi connectivity index (χ3n) is 2.23. The van der Waals surface area contributed by atoms with Crippen LogP contribution in [0.2, 0.25) is 0 Å².